The highest BCUT2D eigenvalue weighted by Gasteiger charge is 2.02. The van der Waals surface area contributed by atoms with Crippen molar-refractivity contribution in [2.75, 3.05) is 0 Å². The number of pyridine rings is 1. The van der Waals surface area contributed by atoms with Crippen LogP contribution in [0.4, 0.5) is 0 Å². The van der Waals surface area contributed by atoms with Gasteiger partial charge in [0.1, 0.15) is 5.75 Å². The lowest BCUT2D eigenvalue weighted by Crippen LogP contribution is -2.10. The summed E-state index contributed by atoms with van der Waals surface area (Å²) in [6.45, 7) is 6.13. The monoisotopic (exact) mass is 165 g/mol. The maximum Gasteiger partial charge on any atom is 0.140 e. The summed E-state index contributed by atoms with van der Waals surface area (Å²) in [4.78, 5) is 4.14. The average molecular weight is 165 g/mol. The van der Waals surface area contributed by atoms with Crippen molar-refractivity contribution >= 4 is 0 Å². The quantitative estimate of drug-likeness (QED) is 0.686. The van der Waals surface area contributed by atoms with Gasteiger partial charge < -0.3 is 4.74 Å². The van der Waals surface area contributed by atoms with Gasteiger partial charge in [0.2, 0.25) is 0 Å². The highest BCUT2D eigenvalue weighted by Crippen LogP contribution is 2.15. The molecule has 0 aliphatic carbocycles. The average Bonchev–Trinajstić information content (AvgIpc) is 2.09. The van der Waals surface area contributed by atoms with Crippen molar-refractivity contribution in [1.29, 1.82) is 0 Å². The number of hydrogen-bond acceptors (Lipinski definition) is 2. The number of hydrogen-bond donors (Lipinski definition) is 0. The molecule has 2 heteroatoms. The first-order valence-electron chi connectivity index (χ1n) is 4.32. The summed E-state index contributed by atoms with van der Waals surface area (Å²) in [5.74, 6) is 0.895. The Bertz CT molecular complexity index is 247. The number of ether oxygens (including phenoxy) is 1. The van der Waals surface area contributed by atoms with Crippen molar-refractivity contribution < 1.29 is 4.74 Å². The predicted molar refractivity (Wildman–Crippen MR) is 49.4 cm³/mol. The summed E-state index contributed by atoms with van der Waals surface area (Å²) in [5.41, 5.74) is 0.956. The van der Waals surface area contributed by atoms with Crippen molar-refractivity contribution in [2.24, 2.45) is 0 Å². The van der Waals surface area contributed by atoms with Gasteiger partial charge in [0.15, 0.2) is 0 Å². The molecule has 1 atom stereocenters. The van der Waals surface area contributed by atoms with E-state index in [2.05, 4.69) is 18.8 Å². The Labute approximate surface area is 73.6 Å². The van der Waals surface area contributed by atoms with Gasteiger partial charge in [-0.15, -0.1) is 0 Å². The van der Waals surface area contributed by atoms with E-state index in [1.54, 1.807) is 6.20 Å². The molecule has 1 unspecified atom stereocenters. The van der Waals surface area contributed by atoms with Crippen LogP contribution in [-0.2, 0) is 0 Å². The smallest absolute Gasteiger partial charge is 0.140 e. The molecule has 1 aromatic heterocycles. The van der Waals surface area contributed by atoms with Crippen LogP contribution in [0.2, 0.25) is 0 Å². The van der Waals surface area contributed by atoms with E-state index >= 15 is 0 Å². The molecule has 0 radical (unpaired) electrons. The first-order chi connectivity index (χ1) is 5.74. The van der Waals surface area contributed by atoms with E-state index < -0.39 is 0 Å². The van der Waals surface area contributed by atoms with E-state index in [9.17, 15) is 0 Å². The van der Waals surface area contributed by atoms with E-state index in [1.807, 2.05) is 19.1 Å². The third-order valence-corrected chi connectivity index (χ3v) is 1.86. The second-order valence-electron chi connectivity index (χ2n) is 2.92. The highest BCUT2D eigenvalue weighted by molar-refractivity contribution is 5.25. The molecule has 0 saturated heterocycles. The molecule has 0 aromatic carbocycles. The van der Waals surface area contributed by atoms with Gasteiger partial charge in [0.05, 0.1) is 11.8 Å². The molecule has 0 fully saturated rings. The molecule has 0 bridgehead atoms. The zero-order valence-corrected chi connectivity index (χ0v) is 7.87. The van der Waals surface area contributed by atoms with Gasteiger partial charge in [-0.3, -0.25) is 4.98 Å². The van der Waals surface area contributed by atoms with Crippen LogP contribution in [0.5, 0.6) is 5.75 Å². The van der Waals surface area contributed by atoms with Gasteiger partial charge in [-0.05, 0) is 32.4 Å². The van der Waals surface area contributed by atoms with E-state index in [0.717, 1.165) is 17.9 Å². The fourth-order valence-corrected chi connectivity index (χ4v) is 0.894. The van der Waals surface area contributed by atoms with Gasteiger partial charge in [0.25, 0.3) is 0 Å². The largest absolute Gasteiger partial charge is 0.489 e. The predicted octanol–water partition coefficient (Wildman–Crippen LogP) is 2.57. The molecule has 0 spiro atoms. The molecule has 0 N–H and O–H groups in total. The summed E-state index contributed by atoms with van der Waals surface area (Å²) in [6.07, 6.45) is 3.07. The number of nitrogens with zero attached hydrogens (tertiary/aromatic N) is 1. The van der Waals surface area contributed by atoms with Crippen molar-refractivity contribution in [3.8, 4) is 5.75 Å². The lowest BCUT2D eigenvalue weighted by molar-refractivity contribution is 0.215. The molecule has 2 nitrogen and oxygen atoms in total. The summed E-state index contributed by atoms with van der Waals surface area (Å²) in [7, 11) is 0. The Morgan fingerprint density at radius 1 is 1.58 bits per heavy atom. The minimum Gasteiger partial charge on any atom is -0.489 e. The van der Waals surface area contributed by atoms with Crippen LogP contribution in [0.15, 0.2) is 18.3 Å². The molecule has 1 heterocycles. The minimum atomic E-state index is 0.271. The third-order valence-electron chi connectivity index (χ3n) is 1.86. The lowest BCUT2D eigenvalue weighted by Gasteiger charge is -2.13. The molecular formula is C10H15NO. The molecule has 12 heavy (non-hydrogen) atoms. The fourth-order valence-electron chi connectivity index (χ4n) is 0.894. The normalized spacial score (nSPS) is 12.6. The lowest BCUT2D eigenvalue weighted by atomic mass is 10.3. The summed E-state index contributed by atoms with van der Waals surface area (Å²) in [6, 6.07) is 3.85. The topological polar surface area (TPSA) is 22.1 Å². The standard InChI is InChI=1S/C10H15NO/c1-4-8(2)12-10-6-5-7-11-9(10)3/h5-8H,4H2,1-3H3. The summed E-state index contributed by atoms with van der Waals surface area (Å²) >= 11 is 0. The van der Waals surface area contributed by atoms with Gasteiger partial charge in [-0.25, -0.2) is 0 Å². The number of rotatable bonds is 3. The number of aryl methyl sites for hydroxylation is 1. The second-order valence-corrected chi connectivity index (χ2v) is 2.92. The third kappa shape index (κ3) is 2.22. The SMILES string of the molecule is CCC(C)Oc1cccnc1C. The van der Waals surface area contributed by atoms with E-state index in [-0.39, 0.29) is 6.10 Å². The van der Waals surface area contributed by atoms with Crippen molar-refractivity contribution in [2.45, 2.75) is 33.3 Å². The van der Waals surface area contributed by atoms with Crippen LogP contribution in [-0.4, -0.2) is 11.1 Å². The first-order valence-corrected chi connectivity index (χ1v) is 4.32. The van der Waals surface area contributed by atoms with Gasteiger partial charge >= 0.3 is 0 Å². The van der Waals surface area contributed by atoms with Crippen LogP contribution >= 0.6 is 0 Å². The Kier molecular flexibility index (Phi) is 3.09. The maximum atomic E-state index is 5.63. The van der Waals surface area contributed by atoms with Crippen LogP contribution in [0.1, 0.15) is 26.0 Å². The van der Waals surface area contributed by atoms with Crippen LogP contribution in [0, 0.1) is 6.92 Å². The van der Waals surface area contributed by atoms with Crippen LogP contribution in [0.25, 0.3) is 0 Å². The minimum absolute atomic E-state index is 0.271. The Morgan fingerprint density at radius 3 is 2.92 bits per heavy atom. The second kappa shape index (κ2) is 4.10. The van der Waals surface area contributed by atoms with E-state index in [1.165, 1.54) is 0 Å². The van der Waals surface area contributed by atoms with E-state index in [4.69, 9.17) is 4.74 Å². The molecule has 0 aliphatic rings. The maximum absolute atomic E-state index is 5.63. The van der Waals surface area contributed by atoms with Crippen LogP contribution in [0.3, 0.4) is 0 Å². The number of aromatic nitrogens is 1. The van der Waals surface area contributed by atoms with Crippen molar-refractivity contribution in [1.82, 2.24) is 4.98 Å². The molecule has 1 aromatic rings. The fraction of sp³-hybridized carbons (Fsp3) is 0.500. The Hall–Kier alpha value is -1.05. The summed E-state index contributed by atoms with van der Waals surface area (Å²) < 4.78 is 5.63. The van der Waals surface area contributed by atoms with Gasteiger partial charge in [0, 0.05) is 6.20 Å². The molecule has 1 rings (SSSR count). The zero-order chi connectivity index (χ0) is 8.97. The molecule has 66 valence electrons. The summed E-state index contributed by atoms with van der Waals surface area (Å²) in [5, 5.41) is 0. The first kappa shape index (κ1) is 9.04. The Morgan fingerprint density at radius 2 is 2.33 bits per heavy atom. The molecular weight excluding hydrogens is 150 g/mol. The molecule has 0 aliphatic heterocycles. The van der Waals surface area contributed by atoms with E-state index in [0.29, 0.717) is 0 Å². The van der Waals surface area contributed by atoms with Gasteiger partial charge in [-0.2, -0.15) is 0 Å². The van der Waals surface area contributed by atoms with Crippen molar-refractivity contribution in [3.05, 3.63) is 24.0 Å². The zero-order valence-electron chi connectivity index (χ0n) is 7.87. The van der Waals surface area contributed by atoms with Crippen molar-refractivity contribution in [3.63, 3.8) is 0 Å². The molecule has 0 saturated carbocycles. The molecule has 0 amide bonds. The van der Waals surface area contributed by atoms with Crippen LogP contribution < -0.4 is 4.74 Å². The Balaban J connectivity index is 2.69. The van der Waals surface area contributed by atoms with Gasteiger partial charge in [-0.1, -0.05) is 6.92 Å². The highest BCUT2D eigenvalue weighted by atomic mass is 16.5.